The molecule has 5 nitrogen and oxygen atoms in total. The minimum absolute atomic E-state index is 0.0716. The number of hydrogen-bond donors (Lipinski definition) is 1. The van der Waals surface area contributed by atoms with Gasteiger partial charge in [-0.3, -0.25) is 4.79 Å². The second-order valence-electron chi connectivity index (χ2n) is 6.18. The van der Waals surface area contributed by atoms with E-state index < -0.39 is 24.6 Å². The number of ether oxygens (including phenoxy) is 2. The van der Waals surface area contributed by atoms with Crippen LogP contribution in [-0.2, 0) is 9.53 Å². The van der Waals surface area contributed by atoms with E-state index in [1.54, 1.807) is 12.1 Å². The standard InChI is InChI=1S/C20H21F2NO4/c1-12(2)16-6-4-5-7-17(16)23-18(24)13(3)26-19(25)14-8-10-15(11-9-14)27-20(21)22/h4-13,20H,1-3H3,(H,23,24)/t13-/m1/s1. The molecule has 0 spiro atoms. The normalized spacial score (nSPS) is 12.0. The van der Waals surface area contributed by atoms with Gasteiger partial charge in [-0.15, -0.1) is 0 Å². The molecule has 0 bridgehead atoms. The molecule has 0 aliphatic carbocycles. The van der Waals surface area contributed by atoms with Crippen LogP contribution in [0.4, 0.5) is 14.5 Å². The van der Waals surface area contributed by atoms with Gasteiger partial charge in [0.05, 0.1) is 5.56 Å². The topological polar surface area (TPSA) is 64.6 Å². The van der Waals surface area contributed by atoms with Gasteiger partial charge in [-0.25, -0.2) is 4.79 Å². The van der Waals surface area contributed by atoms with E-state index in [9.17, 15) is 18.4 Å². The number of nitrogens with one attached hydrogen (secondary N) is 1. The molecular formula is C20H21F2NO4. The van der Waals surface area contributed by atoms with E-state index in [-0.39, 0.29) is 17.2 Å². The fourth-order valence-corrected chi connectivity index (χ4v) is 2.40. The highest BCUT2D eigenvalue weighted by molar-refractivity contribution is 5.97. The number of benzene rings is 2. The first-order valence-corrected chi connectivity index (χ1v) is 8.43. The lowest BCUT2D eigenvalue weighted by atomic mass is 10.0. The molecule has 0 fully saturated rings. The van der Waals surface area contributed by atoms with Gasteiger partial charge in [0.1, 0.15) is 5.75 Å². The van der Waals surface area contributed by atoms with Crippen LogP contribution in [0.25, 0.3) is 0 Å². The summed E-state index contributed by atoms with van der Waals surface area (Å²) in [7, 11) is 0. The van der Waals surface area contributed by atoms with E-state index in [1.807, 2.05) is 26.0 Å². The number of amides is 1. The molecule has 27 heavy (non-hydrogen) atoms. The summed E-state index contributed by atoms with van der Waals surface area (Å²) in [6.07, 6.45) is -1.03. The van der Waals surface area contributed by atoms with Crippen LogP contribution < -0.4 is 10.1 Å². The van der Waals surface area contributed by atoms with Crippen molar-refractivity contribution < 1.29 is 27.8 Å². The zero-order valence-electron chi connectivity index (χ0n) is 15.2. The second-order valence-corrected chi connectivity index (χ2v) is 6.18. The highest BCUT2D eigenvalue weighted by atomic mass is 19.3. The zero-order valence-corrected chi connectivity index (χ0v) is 15.2. The highest BCUT2D eigenvalue weighted by Gasteiger charge is 2.20. The van der Waals surface area contributed by atoms with Crippen LogP contribution in [0.5, 0.6) is 5.75 Å². The van der Waals surface area contributed by atoms with E-state index in [1.165, 1.54) is 31.2 Å². The van der Waals surface area contributed by atoms with Crippen molar-refractivity contribution in [1.82, 2.24) is 0 Å². The summed E-state index contributed by atoms with van der Waals surface area (Å²) in [6, 6.07) is 12.4. The Morgan fingerprint density at radius 2 is 1.59 bits per heavy atom. The van der Waals surface area contributed by atoms with Gasteiger partial charge < -0.3 is 14.8 Å². The third kappa shape index (κ3) is 5.77. The smallest absolute Gasteiger partial charge is 0.387 e. The predicted molar refractivity (Wildman–Crippen MR) is 97.1 cm³/mol. The van der Waals surface area contributed by atoms with E-state index in [4.69, 9.17) is 4.74 Å². The minimum Gasteiger partial charge on any atom is -0.449 e. The van der Waals surface area contributed by atoms with Crippen LogP contribution in [0.15, 0.2) is 48.5 Å². The van der Waals surface area contributed by atoms with Crippen molar-refractivity contribution in [2.45, 2.75) is 39.4 Å². The molecule has 0 radical (unpaired) electrons. The lowest BCUT2D eigenvalue weighted by Gasteiger charge is -2.17. The van der Waals surface area contributed by atoms with Crippen LogP contribution in [0.2, 0.25) is 0 Å². The predicted octanol–water partition coefficient (Wildman–Crippen LogP) is 4.60. The third-order valence-corrected chi connectivity index (χ3v) is 3.81. The fourth-order valence-electron chi connectivity index (χ4n) is 2.40. The molecule has 1 N–H and O–H groups in total. The van der Waals surface area contributed by atoms with Crippen LogP contribution in [0, 0.1) is 0 Å². The molecule has 1 atom stereocenters. The van der Waals surface area contributed by atoms with Gasteiger partial charge in [-0.2, -0.15) is 8.78 Å². The summed E-state index contributed by atoms with van der Waals surface area (Å²) >= 11 is 0. The molecule has 2 aromatic rings. The molecule has 0 saturated carbocycles. The summed E-state index contributed by atoms with van der Waals surface area (Å²) in [5.41, 5.74) is 1.76. The molecule has 7 heteroatoms. The summed E-state index contributed by atoms with van der Waals surface area (Å²) in [6.45, 7) is 2.53. The largest absolute Gasteiger partial charge is 0.449 e. The van der Waals surface area contributed by atoms with E-state index in [0.717, 1.165) is 5.56 Å². The monoisotopic (exact) mass is 377 g/mol. The molecule has 1 amide bonds. The highest BCUT2D eigenvalue weighted by Crippen LogP contribution is 2.24. The summed E-state index contributed by atoms with van der Waals surface area (Å²) < 4.78 is 33.6. The number of anilines is 1. The Hall–Kier alpha value is -2.96. The number of halogens is 2. The molecular weight excluding hydrogens is 356 g/mol. The molecule has 0 heterocycles. The summed E-state index contributed by atoms with van der Waals surface area (Å²) in [5.74, 6) is -1.06. The number of para-hydroxylation sites is 1. The maximum Gasteiger partial charge on any atom is 0.387 e. The average Bonchev–Trinajstić information content (AvgIpc) is 2.61. The van der Waals surface area contributed by atoms with Gasteiger partial charge >= 0.3 is 12.6 Å². The van der Waals surface area contributed by atoms with Gasteiger partial charge in [0, 0.05) is 5.69 Å². The first-order valence-electron chi connectivity index (χ1n) is 8.43. The first kappa shape index (κ1) is 20.4. The van der Waals surface area contributed by atoms with E-state index in [2.05, 4.69) is 10.1 Å². The van der Waals surface area contributed by atoms with Crippen LogP contribution >= 0.6 is 0 Å². The van der Waals surface area contributed by atoms with Crippen molar-refractivity contribution in [3.05, 3.63) is 59.7 Å². The van der Waals surface area contributed by atoms with Crippen molar-refractivity contribution in [1.29, 1.82) is 0 Å². The van der Waals surface area contributed by atoms with Gasteiger partial charge in [0.2, 0.25) is 0 Å². The summed E-state index contributed by atoms with van der Waals surface area (Å²) in [4.78, 5) is 24.5. The van der Waals surface area contributed by atoms with Gasteiger partial charge in [0.15, 0.2) is 6.10 Å². The quantitative estimate of drug-likeness (QED) is 0.717. The number of carbonyl (C=O) groups is 2. The molecule has 2 aromatic carbocycles. The molecule has 0 unspecified atom stereocenters. The maximum atomic E-state index is 12.3. The summed E-state index contributed by atoms with van der Waals surface area (Å²) in [5, 5.41) is 2.76. The Morgan fingerprint density at radius 3 is 2.19 bits per heavy atom. The van der Waals surface area contributed by atoms with Crippen LogP contribution in [-0.4, -0.2) is 24.6 Å². The SMILES string of the molecule is CC(C)c1ccccc1NC(=O)[C@@H](C)OC(=O)c1ccc(OC(F)F)cc1. The molecule has 0 aromatic heterocycles. The Balaban J connectivity index is 1.98. The average molecular weight is 377 g/mol. The van der Waals surface area contributed by atoms with Crippen molar-refractivity contribution in [2.24, 2.45) is 0 Å². The lowest BCUT2D eigenvalue weighted by Crippen LogP contribution is -2.30. The molecule has 0 aliphatic rings. The number of esters is 1. The third-order valence-electron chi connectivity index (χ3n) is 3.81. The number of hydrogen-bond acceptors (Lipinski definition) is 4. The van der Waals surface area contributed by atoms with Crippen LogP contribution in [0.3, 0.4) is 0 Å². The Kier molecular flexibility index (Phi) is 6.87. The minimum atomic E-state index is -2.94. The maximum absolute atomic E-state index is 12.3. The van der Waals surface area contributed by atoms with Crippen molar-refractivity contribution in [3.63, 3.8) is 0 Å². The Bertz CT molecular complexity index is 791. The molecule has 0 aliphatic heterocycles. The van der Waals surface area contributed by atoms with E-state index >= 15 is 0 Å². The molecule has 144 valence electrons. The van der Waals surface area contributed by atoms with Crippen molar-refractivity contribution in [2.75, 3.05) is 5.32 Å². The van der Waals surface area contributed by atoms with Gasteiger partial charge in [-0.1, -0.05) is 32.0 Å². The molecule has 2 rings (SSSR count). The number of carbonyl (C=O) groups excluding carboxylic acids is 2. The Morgan fingerprint density at radius 1 is 0.963 bits per heavy atom. The zero-order chi connectivity index (χ0) is 20.0. The van der Waals surface area contributed by atoms with Gasteiger partial charge in [-0.05, 0) is 48.7 Å². The number of rotatable bonds is 7. The lowest BCUT2D eigenvalue weighted by molar-refractivity contribution is -0.123. The van der Waals surface area contributed by atoms with E-state index in [0.29, 0.717) is 5.69 Å². The van der Waals surface area contributed by atoms with Crippen LogP contribution in [0.1, 0.15) is 42.6 Å². The van der Waals surface area contributed by atoms with Crippen molar-refractivity contribution in [3.8, 4) is 5.75 Å². The Labute approximate surface area is 156 Å². The molecule has 0 saturated heterocycles. The van der Waals surface area contributed by atoms with Gasteiger partial charge in [0.25, 0.3) is 5.91 Å². The number of alkyl halides is 2. The first-order chi connectivity index (χ1) is 12.8. The second kappa shape index (κ2) is 9.12. The van der Waals surface area contributed by atoms with Crippen molar-refractivity contribution >= 4 is 17.6 Å². The fraction of sp³-hybridized carbons (Fsp3) is 0.300.